The molecule has 0 atom stereocenters. The number of aromatic nitrogens is 2. The van der Waals surface area contributed by atoms with E-state index in [0.717, 1.165) is 33.4 Å². The Balaban J connectivity index is 2.09. The van der Waals surface area contributed by atoms with Crippen LogP contribution in [0.4, 0.5) is 0 Å². The normalized spacial score (nSPS) is 11.7. The van der Waals surface area contributed by atoms with E-state index in [0.29, 0.717) is 0 Å². The van der Waals surface area contributed by atoms with Crippen molar-refractivity contribution in [3.63, 3.8) is 0 Å². The van der Waals surface area contributed by atoms with Crippen LogP contribution in [0.25, 0.3) is 44.0 Å². The lowest BCUT2D eigenvalue weighted by Gasteiger charge is -2.10. The van der Waals surface area contributed by atoms with Crippen molar-refractivity contribution in [1.82, 2.24) is 5.10 Å². The van der Waals surface area contributed by atoms with Crippen molar-refractivity contribution in [2.24, 2.45) is 7.05 Å². The highest BCUT2D eigenvalue weighted by molar-refractivity contribution is 6.23. The number of hydrogen-bond donors (Lipinski definition) is 0. The minimum atomic E-state index is 0.919. The average molecular weight is 339 g/mol. The van der Waals surface area contributed by atoms with E-state index in [4.69, 9.17) is 4.42 Å². The van der Waals surface area contributed by atoms with Gasteiger partial charge < -0.3 is 4.42 Å². The zero-order chi connectivity index (χ0) is 17.8. The molecule has 5 aromatic rings. The molecule has 2 heterocycles. The maximum absolute atomic E-state index is 6.38. The maximum Gasteiger partial charge on any atom is 0.243 e. The molecule has 26 heavy (non-hydrogen) atoms. The first-order chi connectivity index (χ1) is 12.6. The molecule has 0 radical (unpaired) electrons. The van der Waals surface area contributed by atoms with E-state index >= 15 is 0 Å². The van der Waals surface area contributed by atoms with E-state index in [1.807, 2.05) is 30.1 Å². The van der Waals surface area contributed by atoms with Gasteiger partial charge >= 0.3 is 0 Å². The van der Waals surface area contributed by atoms with Crippen molar-refractivity contribution in [2.45, 2.75) is 13.8 Å². The first-order valence-electron chi connectivity index (χ1n) is 8.81. The molecule has 3 heteroatoms. The monoisotopic (exact) mass is 339 g/mol. The third-order valence-electron chi connectivity index (χ3n) is 5.20. The fourth-order valence-corrected chi connectivity index (χ4v) is 3.95. The highest BCUT2D eigenvalue weighted by Gasteiger charge is 2.24. The highest BCUT2D eigenvalue weighted by Crippen LogP contribution is 2.42. The molecule has 0 fully saturated rings. The van der Waals surface area contributed by atoms with Gasteiger partial charge in [0.25, 0.3) is 0 Å². The van der Waals surface area contributed by atoms with Crippen molar-refractivity contribution in [3.05, 3.63) is 71.9 Å². The molecule has 3 nitrogen and oxygen atoms in total. The molecular formula is C23H19N2O+. The first-order valence-corrected chi connectivity index (χ1v) is 8.81. The second kappa shape index (κ2) is 5.40. The van der Waals surface area contributed by atoms with Gasteiger partial charge in [0.2, 0.25) is 5.69 Å². The number of rotatable bonds is 1. The molecule has 0 N–H and O–H groups in total. The van der Waals surface area contributed by atoms with Gasteiger partial charge in [0, 0.05) is 16.8 Å². The van der Waals surface area contributed by atoms with Crippen molar-refractivity contribution >= 4 is 32.7 Å². The third-order valence-corrected chi connectivity index (χ3v) is 5.20. The van der Waals surface area contributed by atoms with Crippen LogP contribution in [-0.2, 0) is 7.05 Å². The Morgan fingerprint density at radius 3 is 2.38 bits per heavy atom. The van der Waals surface area contributed by atoms with Crippen LogP contribution in [0.15, 0.2) is 65.2 Å². The van der Waals surface area contributed by atoms with Crippen LogP contribution >= 0.6 is 0 Å². The van der Waals surface area contributed by atoms with E-state index in [9.17, 15) is 0 Å². The van der Waals surface area contributed by atoms with Crippen LogP contribution in [0.5, 0.6) is 0 Å². The molecule has 0 aliphatic heterocycles. The summed E-state index contributed by atoms with van der Waals surface area (Å²) in [5.74, 6) is 0. The summed E-state index contributed by atoms with van der Waals surface area (Å²) in [5.41, 5.74) is 6.39. The van der Waals surface area contributed by atoms with Crippen LogP contribution in [0, 0.1) is 13.8 Å². The van der Waals surface area contributed by atoms with Gasteiger partial charge in [-0.25, -0.2) is 0 Å². The second-order valence-electron chi connectivity index (χ2n) is 6.89. The maximum atomic E-state index is 6.38. The molecule has 0 spiro atoms. The second-order valence-corrected chi connectivity index (χ2v) is 6.89. The van der Waals surface area contributed by atoms with E-state index in [1.165, 1.54) is 21.7 Å². The van der Waals surface area contributed by atoms with E-state index in [2.05, 4.69) is 61.4 Å². The first kappa shape index (κ1) is 15.1. The lowest BCUT2D eigenvalue weighted by Crippen LogP contribution is -2.35. The summed E-state index contributed by atoms with van der Waals surface area (Å²) in [5, 5.41) is 9.33. The largest absolute Gasteiger partial charge is 0.455 e. The van der Waals surface area contributed by atoms with Crippen molar-refractivity contribution in [3.8, 4) is 11.3 Å². The van der Waals surface area contributed by atoms with Gasteiger partial charge in [-0.05, 0) is 46.9 Å². The molecule has 2 aromatic heterocycles. The fourth-order valence-electron chi connectivity index (χ4n) is 3.95. The molecular weight excluding hydrogens is 320 g/mol. The zero-order valence-electron chi connectivity index (χ0n) is 15.1. The van der Waals surface area contributed by atoms with Crippen molar-refractivity contribution in [2.75, 3.05) is 0 Å². The molecule has 0 bridgehead atoms. The number of nitrogens with zero attached hydrogens (tertiary/aromatic N) is 2. The Morgan fingerprint density at radius 2 is 1.58 bits per heavy atom. The zero-order valence-corrected chi connectivity index (χ0v) is 15.1. The number of hydrogen-bond acceptors (Lipinski definition) is 2. The highest BCUT2D eigenvalue weighted by atomic mass is 16.3. The quantitative estimate of drug-likeness (QED) is 0.391. The predicted molar refractivity (Wildman–Crippen MR) is 105 cm³/mol. The van der Waals surface area contributed by atoms with Gasteiger partial charge in [0.15, 0.2) is 7.05 Å². The van der Waals surface area contributed by atoms with Crippen molar-refractivity contribution in [1.29, 1.82) is 0 Å². The molecule has 0 amide bonds. The molecule has 0 unspecified atom stereocenters. The summed E-state index contributed by atoms with van der Waals surface area (Å²) >= 11 is 0. The molecule has 0 saturated heterocycles. The SMILES string of the molecule is Cc1cn[n+](C)c(-c2c(C)c3ccccc3c3c2oc2ccccc23)c1. The van der Waals surface area contributed by atoms with E-state index < -0.39 is 0 Å². The van der Waals surface area contributed by atoms with Crippen LogP contribution in [0.1, 0.15) is 11.1 Å². The van der Waals surface area contributed by atoms with Gasteiger partial charge in [-0.2, -0.15) is 0 Å². The summed E-state index contributed by atoms with van der Waals surface area (Å²) in [6, 6.07) is 19.0. The Bertz CT molecular complexity index is 1310. The number of para-hydroxylation sites is 1. The topological polar surface area (TPSA) is 29.9 Å². The Kier molecular flexibility index (Phi) is 3.13. The Hall–Kier alpha value is -3.20. The van der Waals surface area contributed by atoms with Gasteiger partial charge in [-0.3, -0.25) is 0 Å². The van der Waals surface area contributed by atoms with Crippen LogP contribution in [0.2, 0.25) is 0 Å². The lowest BCUT2D eigenvalue weighted by molar-refractivity contribution is -0.720. The van der Waals surface area contributed by atoms with Crippen LogP contribution < -0.4 is 4.68 Å². The van der Waals surface area contributed by atoms with Crippen LogP contribution in [-0.4, -0.2) is 5.10 Å². The number of fused-ring (bicyclic) bond motifs is 5. The smallest absolute Gasteiger partial charge is 0.243 e. The molecule has 3 aromatic carbocycles. The lowest BCUT2D eigenvalue weighted by atomic mass is 9.93. The third kappa shape index (κ3) is 2.00. The number of furan rings is 1. The van der Waals surface area contributed by atoms with Crippen molar-refractivity contribution < 1.29 is 9.10 Å². The molecule has 0 saturated carbocycles. The Labute approximate surface area is 151 Å². The summed E-state index contributed by atoms with van der Waals surface area (Å²) in [4.78, 5) is 0. The molecule has 126 valence electrons. The predicted octanol–water partition coefficient (Wildman–Crippen LogP) is 5.24. The van der Waals surface area contributed by atoms with E-state index in [-0.39, 0.29) is 0 Å². The van der Waals surface area contributed by atoms with Gasteiger partial charge in [-0.15, -0.1) is 0 Å². The fraction of sp³-hybridized carbons (Fsp3) is 0.130. The molecule has 5 rings (SSSR count). The summed E-state index contributed by atoms with van der Waals surface area (Å²) in [6.07, 6.45) is 1.88. The number of aryl methyl sites for hydroxylation is 3. The Morgan fingerprint density at radius 1 is 0.885 bits per heavy atom. The molecule has 0 aliphatic rings. The molecule has 0 aliphatic carbocycles. The average Bonchev–Trinajstić information content (AvgIpc) is 3.04. The minimum absolute atomic E-state index is 0.919. The summed E-state index contributed by atoms with van der Waals surface area (Å²) in [6.45, 7) is 4.25. The summed E-state index contributed by atoms with van der Waals surface area (Å²) in [7, 11) is 1.98. The summed E-state index contributed by atoms with van der Waals surface area (Å²) < 4.78 is 8.31. The minimum Gasteiger partial charge on any atom is -0.455 e. The van der Waals surface area contributed by atoms with Crippen LogP contribution in [0.3, 0.4) is 0 Å². The van der Waals surface area contributed by atoms with Gasteiger partial charge in [-0.1, -0.05) is 47.1 Å². The van der Waals surface area contributed by atoms with E-state index in [1.54, 1.807) is 0 Å². The van der Waals surface area contributed by atoms with Gasteiger partial charge in [0.1, 0.15) is 11.2 Å². The standard InChI is InChI=1S/C23H19N2O/c1-14-12-19(25(3)24-13-14)21-15(2)16-8-4-5-9-17(16)22-18-10-6-7-11-20(18)26-23(21)22/h4-13H,1-3H3/q+1. The van der Waals surface area contributed by atoms with Gasteiger partial charge in [0.05, 0.1) is 11.8 Å². The number of benzene rings is 3.